The van der Waals surface area contributed by atoms with Crippen LogP contribution >= 0.6 is 0 Å². The fourth-order valence-corrected chi connectivity index (χ4v) is 2.80. The number of carbonyl (C=O) groups is 2. The molecule has 31 heavy (non-hydrogen) atoms. The number of hydrogen-bond acceptors (Lipinski definition) is 4. The maximum Gasteiger partial charge on any atom is 0.412 e. The van der Waals surface area contributed by atoms with Crippen LogP contribution in [0.25, 0.3) is 0 Å². The van der Waals surface area contributed by atoms with E-state index in [2.05, 4.69) is 26.3 Å². The zero-order chi connectivity index (χ0) is 22.7. The van der Waals surface area contributed by atoms with Crippen molar-refractivity contribution in [2.45, 2.75) is 71.4 Å². The van der Waals surface area contributed by atoms with Gasteiger partial charge < -0.3 is 20.7 Å². The highest BCUT2D eigenvalue weighted by Gasteiger charge is 2.22. The summed E-state index contributed by atoms with van der Waals surface area (Å²) in [5, 5.41) is 12.3. The smallest absolute Gasteiger partial charge is 0.412 e. The first-order valence-electron chi connectivity index (χ1n) is 11.2. The first kappa shape index (κ1) is 24.5. The SMILES string of the molecule is CCNC(=NCCCC(=O)NC1CC1)NCCc1ccc(NC(=O)OC(C)(C)C)cc1. The van der Waals surface area contributed by atoms with E-state index in [1.54, 1.807) is 0 Å². The lowest BCUT2D eigenvalue weighted by Gasteiger charge is -2.19. The van der Waals surface area contributed by atoms with Crippen molar-refractivity contribution >= 4 is 23.6 Å². The third-order valence-corrected chi connectivity index (χ3v) is 4.42. The first-order chi connectivity index (χ1) is 14.7. The first-order valence-corrected chi connectivity index (χ1v) is 11.2. The van der Waals surface area contributed by atoms with Crippen LogP contribution in [0.15, 0.2) is 29.3 Å². The molecule has 0 heterocycles. The third-order valence-electron chi connectivity index (χ3n) is 4.42. The molecule has 0 radical (unpaired) electrons. The predicted octanol–water partition coefficient (Wildman–Crippen LogP) is 3.19. The molecule has 172 valence electrons. The minimum absolute atomic E-state index is 0.125. The molecule has 0 atom stereocenters. The summed E-state index contributed by atoms with van der Waals surface area (Å²) in [7, 11) is 0. The number of aliphatic imine (C=N–C) groups is 1. The monoisotopic (exact) mass is 431 g/mol. The third kappa shape index (κ3) is 11.3. The van der Waals surface area contributed by atoms with Gasteiger partial charge in [-0.05, 0) is 71.1 Å². The lowest BCUT2D eigenvalue weighted by atomic mass is 10.1. The number of rotatable bonds is 10. The minimum Gasteiger partial charge on any atom is -0.444 e. The number of amides is 2. The van der Waals surface area contributed by atoms with Gasteiger partial charge in [-0.15, -0.1) is 0 Å². The molecule has 2 amide bonds. The van der Waals surface area contributed by atoms with Crippen molar-refractivity contribution in [3.8, 4) is 0 Å². The van der Waals surface area contributed by atoms with Crippen LogP contribution in [0.1, 0.15) is 58.9 Å². The number of nitrogens with zero attached hydrogens (tertiary/aromatic N) is 1. The molecule has 4 N–H and O–H groups in total. The Morgan fingerprint density at radius 2 is 1.84 bits per heavy atom. The van der Waals surface area contributed by atoms with Crippen LogP contribution in [0.2, 0.25) is 0 Å². The Morgan fingerprint density at radius 1 is 1.13 bits per heavy atom. The maximum absolute atomic E-state index is 11.8. The summed E-state index contributed by atoms with van der Waals surface area (Å²) in [6.45, 7) is 9.64. The van der Waals surface area contributed by atoms with E-state index in [0.717, 1.165) is 50.3 Å². The summed E-state index contributed by atoms with van der Waals surface area (Å²) in [6.07, 6.45) is 3.84. The van der Waals surface area contributed by atoms with Gasteiger partial charge in [0, 0.05) is 37.8 Å². The van der Waals surface area contributed by atoms with Gasteiger partial charge in [-0.25, -0.2) is 4.79 Å². The van der Waals surface area contributed by atoms with E-state index in [1.165, 1.54) is 0 Å². The van der Waals surface area contributed by atoms with Crippen molar-refractivity contribution in [2.75, 3.05) is 25.0 Å². The summed E-state index contributed by atoms with van der Waals surface area (Å²) < 4.78 is 5.26. The average molecular weight is 432 g/mol. The highest BCUT2D eigenvalue weighted by Crippen LogP contribution is 2.18. The Bertz CT molecular complexity index is 737. The molecule has 8 heteroatoms. The Morgan fingerprint density at radius 3 is 2.45 bits per heavy atom. The Balaban J connectivity index is 1.69. The molecule has 0 unspecified atom stereocenters. The Labute approximate surface area is 185 Å². The normalized spacial score (nSPS) is 14.0. The molecule has 0 aromatic heterocycles. The highest BCUT2D eigenvalue weighted by atomic mass is 16.6. The molecule has 1 aromatic rings. The maximum atomic E-state index is 11.8. The number of carbonyl (C=O) groups excluding carboxylic acids is 2. The van der Waals surface area contributed by atoms with Gasteiger partial charge in [0.15, 0.2) is 5.96 Å². The molecular formula is C23H37N5O3. The standard InChI is InChI=1S/C23H37N5O3/c1-5-24-21(25-15-6-7-20(29)27-18-12-13-18)26-16-14-17-8-10-19(11-9-17)28-22(30)31-23(2,3)4/h8-11,18H,5-7,12-16H2,1-4H3,(H,27,29)(H,28,30)(H2,24,25,26). The van der Waals surface area contributed by atoms with Gasteiger partial charge in [0.25, 0.3) is 0 Å². The van der Waals surface area contributed by atoms with E-state index in [1.807, 2.05) is 52.0 Å². The van der Waals surface area contributed by atoms with Crippen LogP contribution < -0.4 is 21.3 Å². The molecular weight excluding hydrogens is 394 g/mol. The van der Waals surface area contributed by atoms with Gasteiger partial charge in [-0.1, -0.05) is 12.1 Å². The molecule has 2 rings (SSSR count). The van der Waals surface area contributed by atoms with Gasteiger partial charge in [-0.3, -0.25) is 15.1 Å². The largest absolute Gasteiger partial charge is 0.444 e. The van der Waals surface area contributed by atoms with E-state index in [0.29, 0.717) is 24.7 Å². The van der Waals surface area contributed by atoms with Gasteiger partial charge >= 0.3 is 6.09 Å². The lowest BCUT2D eigenvalue weighted by molar-refractivity contribution is -0.121. The molecule has 1 aliphatic rings. The molecule has 1 saturated carbocycles. The van der Waals surface area contributed by atoms with Crippen molar-refractivity contribution in [3.05, 3.63) is 29.8 Å². The van der Waals surface area contributed by atoms with Crippen molar-refractivity contribution in [3.63, 3.8) is 0 Å². The second-order valence-electron chi connectivity index (χ2n) is 8.71. The van der Waals surface area contributed by atoms with Crippen LogP contribution in [-0.2, 0) is 16.0 Å². The number of anilines is 1. The lowest BCUT2D eigenvalue weighted by Crippen LogP contribution is -2.38. The van der Waals surface area contributed by atoms with Crippen LogP contribution in [-0.4, -0.2) is 49.2 Å². The van der Waals surface area contributed by atoms with E-state index in [9.17, 15) is 9.59 Å². The number of guanidine groups is 1. The molecule has 0 bridgehead atoms. The molecule has 1 aromatic carbocycles. The fourth-order valence-electron chi connectivity index (χ4n) is 2.80. The predicted molar refractivity (Wildman–Crippen MR) is 124 cm³/mol. The molecule has 0 spiro atoms. The number of benzene rings is 1. The number of nitrogens with one attached hydrogen (secondary N) is 4. The van der Waals surface area contributed by atoms with Gasteiger partial charge in [0.1, 0.15) is 5.60 Å². The van der Waals surface area contributed by atoms with E-state index < -0.39 is 11.7 Å². The van der Waals surface area contributed by atoms with Crippen molar-refractivity contribution in [1.29, 1.82) is 0 Å². The van der Waals surface area contributed by atoms with Crippen LogP contribution in [0.4, 0.5) is 10.5 Å². The summed E-state index contributed by atoms with van der Waals surface area (Å²) in [5.74, 6) is 0.883. The minimum atomic E-state index is -0.523. The highest BCUT2D eigenvalue weighted by molar-refractivity contribution is 5.84. The van der Waals surface area contributed by atoms with Crippen LogP contribution in [0, 0.1) is 0 Å². The molecule has 1 fully saturated rings. The summed E-state index contributed by atoms with van der Waals surface area (Å²) in [5.41, 5.74) is 1.33. The average Bonchev–Trinajstić information content (AvgIpc) is 3.49. The second kappa shape index (κ2) is 12.2. The van der Waals surface area contributed by atoms with Gasteiger partial charge in [-0.2, -0.15) is 0 Å². The summed E-state index contributed by atoms with van der Waals surface area (Å²) in [4.78, 5) is 28.1. The van der Waals surface area contributed by atoms with Gasteiger partial charge in [0.05, 0.1) is 0 Å². The molecule has 8 nitrogen and oxygen atoms in total. The molecule has 1 aliphatic carbocycles. The summed E-state index contributed by atoms with van der Waals surface area (Å²) >= 11 is 0. The molecule has 0 aliphatic heterocycles. The van der Waals surface area contributed by atoms with Gasteiger partial charge in [0.2, 0.25) is 5.91 Å². The topological polar surface area (TPSA) is 104 Å². The van der Waals surface area contributed by atoms with Crippen LogP contribution in [0.5, 0.6) is 0 Å². The summed E-state index contributed by atoms with van der Waals surface area (Å²) in [6, 6.07) is 8.11. The van der Waals surface area contributed by atoms with Crippen molar-refractivity contribution in [1.82, 2.24) is 16.0 Å². The van der Waals surface area contributed by atoms with Crippen LogP contribution in [0.3, 0.4) is 0 Å². The van der Waals surface area contributed by atoms with E-state index >= 15 is 0 Å². The van der Waals surface area contributed by atoms with E-state index in [4.69, 9.17) is 4.74 Å². The Hall–Kier alpha value is -2.77. The van der Waals surface area contributed by atoms with Crippen molar-refractivity contribution in [2.24, 2.45) is 4.99 Å². The quantitative estimate of drug-likeness (QED) is 0.259. The zero-order valence-electron chi connectivity index (χ0n) is 19.2. The number of ether oxygens (including phenoxy) is 1. The molecule has 0 saturated heterocycles. The van der Waals surface area contributed by atoms with Crippen molar-refractivity contribution < 1.29 is 14.3 Å². The zero-order valence-corrected chi connectivity index (χ0v) is 19.2. The fraction of sp³-hybridized carbons (Fsp3) is 0.609. The Kier molecular flexibility index (Phi) is 9.62. The number of hydrogen-bond donors (Lipinski definition) is 4. The van der Waals surface area contributed by atoms with E-state index in [-0.39, 0.29) is 5.91 Å². The second-order valence-corrected chi connectivity index (χ2v) is 8.71.